The van der Waals surface area contributed by atoms with Gasteiger partial charge in [0, 0.05) is 50.1 Å². The average molecular weight is 438 g/mol. The third-order valence-electron chi connectivity index (χ3n) is 6.55. The highest BCUT2D eigenvalue weighted by atomic mass is 35.5. The number of tetrazole rings is 1. The fraction of sp³-hybridized carbons (Fsp3) is 0.478. The van der Waals surface area contributed by atoms with Gasteiger partial charge in [-0.1, -0.05) is 36.6 Å². The summed E-state index contributed by atoms with van der Waals surface area (Å²) >= 11 is 6.19. The predicted molar refractivity (Wildman–Crippen MR) is 120 cm³/mol. The highest BCUT2D eigenvalue weighted by Gasteiger charge is 2.33. The Morgan fingerprint density at radius 2 is 1.65 bits per heavy atom. The van der Waals surface area contributed by atoms with Crippen molar-refractivity contribution in [3.63, 3.8) is 0 Å². The molecular weight excluding hydrogens is 410 g/mol. The van der Waals surface area contributed by atoms with Crippen molar-refractivity contribution < 1.29 is 0 Å². The zero-order valence-corrected chi connectivity index (χ0v) is 18.4. The van der Waals surface area contributed by atoms with Gasteiger partial charge in [-0.05, 0) is 58.7 Å². The van der Waals surface area contributed by atoms with Crippen LogP contribution in [0.5, 0.6) is 0 Å². The minimum absolute atomic E-state index is 0.0379. The molecule has 1 saturated carbocycles. The van der Waals surface area contributed by atoms with Crippen molar-refractivity contribution >= 4 is 11.6 Å². The Morgan fingerprint density at radius 1 is 0.935 bits per heavy atom. The first kappa shape index (κ1) is 20.5. The van der Waals surface area contributed by atoms with E-state index in [1.807, 2.05) is 24.5 Å². The van der Waals surface area contributed by atoms with Gasteiger partial charge in [-0.2, -0.15) is 0 Å². The number of pyridine rings is 1. The molecule has 2 aliphatic rings. The Balaban J connectivity index is 1.37. The summed E-state index contributed by atoms with van der Waals surface area (Å²) in [5.74, 6) is 0.955. The molecule has 0 N–H and O–H groups in total. The van der Waals surface area contributed by atoms with Crippen LogP contribution in [0.25, 0.3) is 0 Å². The van der Waals surface area contributed by atoms with Crippen molar-refractivity contribution in [2.75, 3.05) is 26.2 Å². The zero-order valence-electron chi connectivity index (χ0n) is 17.6. The summed E-state index contributed by atoms with van der Waals surface area (Å²) < 4.78 is 2.09. The lowest BCUT2D eigenvalue weighted by Gasteiger charge is -2.39. The van der Waals surface area contributed by atoms with E-state index in [9.17, 15) is 0 Å². The van der Waals surface area contributed by atoms with Crippen molar-refractivity contribution in [2.45, 2.75) is 44.3 Å². The predicted octanol–water partition coefficient (Wildman–Crippen LogP) is 3.74. The van der Waals surface area contributed by atoms with E-state index in [2.05, 4.69) is 59.3 Å². The molecule has 1 aliphatic carbocycles. The van der Waals surface area contributed by atoms with E-state index in [-0.39, 0.29) is 6.04 Å². The Labute approximate surface area is 188 Å². The number of piperazine rings is 1. The van der Waals surface area contributed by atoms with Gasteiger partial charge in [-0.25, -0.2) is 4.68 Å². The van der Waals surface area contributed by atoms with Gasteiger partial charge in [-0.15, -0.1) is 5.10 Å². The minimum atomic E-state index is 0.0379. The van der Waals surface area contributed by atoms with Gasteiger partial charge in [0.1, 0.15) is 0 Å². The fourth-order valence-electron chi connectivity index (χ4n) is 4.88. The van der Waals surface area contributed by atoms with Crippen molar-refractivity contribution in [1.82, 2.24) is 35.0 Å². The number of halogens is 1. The van der Waals surface area contributed by atoms with Crippen LogP contribution in [0.15, 0.2) is 48.8 Å². The summed E-state index contributed by atoms with van der Waals surface area (Å²) in [7, 11) is 0. The maximum atomic E-state index is 6.19. The van der Waals surface area contributed by atoms with Crippen LogP contribution in [0.2, 0.25) is 5.02 Å². The van der Waals surface area contributed by atoms with Crippen LogP contribution in [-0.2, 0) is 6.54 Å². The van der Waals surface area contributed by atoms with Crippen molar-refractivity contribution in [2.24, 2.45) is 0 Å². The van der Waals surface area contributed by atoms with Gasteiger partial charge in [-0.3, -0.25) is 14.8 Å². The van der Waals surface area contributed by atoms with Gasteiger partial charge in [0.05, 0.1) is 12.1 Å². The normalized spacial score (nSPS) is 19.6. The maximum absolute atomic E-state index is 6.19. The average Bonchev–Trinajstić information content (AvgIpc) is 3.49. The molecule has 8 heteroatoms. The highest BCUT2D eigenvalue weighted by Crippen LogP contribution is 2.34. The molecule has 0 bridgehead atoms. The molecule has 0 spiro atoms. The number of benzene rings is 1. The molecule has 162 valence electrons. The molecule has 1 aromatic carbocycles. The van der Waals surface area contributed by atoms with Crippen molar-refractivity contribution in [1.29, 1.82) is 0 Å². The number of hydrogen-bond donors (Lipinski definition) is 0. The summed E-state index contributed by atoms with van der Waals surface area (Å²) in [5.41, 5.74) is 2.50. The van der Waals surface area contributed by atoms with E-state index in [1.165, 1.54) is 24.0 Å². The van der Waals surface area contributed by atoms with Gasteiger partial charge in [0.25, 0.3) is 0 Å². The Morgan fingerprint density at radius 3 is 2.35 bits per heavy atom. The molecular formula is C23H28ClN7. The molecule has 31 heavy (non-hydrogen) atoms. The van der Waals surface area contributed by atoms with Gasteiger partial charge in [0.2, 0.25) is 0 Å². The second-order valence-corrected chi connectivity index (χ2v) is 8.98. The zero-order chi connectivity index (χ0) is 21.0. The molecule has 0 unspecified atom stereocenters. The smallest absolute Gasteiger partial charge is 0.173 e. The first-order valence-corrected chi connectivity index (χ1v) is 11.5. The van der Waals surface area contributed by atoms with E-state index in [0.717, 1.165) is 56.4 Å². The first-order chi connectivity index (χ1) is 15.3. The van der Waals surface area contributed by atoms with E-state index in [1.54, 1.807) is 0 Å². The van der Waals surface area contributed by atoms with Crippen LogP contribution in [0, 0.1) is 0 Å². The highest BCUT2D eigenvalue weighted by molar-refractivity contribution is 6.30. The largest absolute Gasteiger partial charge is 0.297 e. The van der Waals surface area contributed by atoms with Gasteiger partial charge in [0.15, 0.2) is 5.82 Å². The maximum Gasteiger partial charge on any atom is 0.173 e. The van der Waals surface area contributed by atoms with Crippen LogP contribution in [0.3, 0.4) is 0 Å². The minimum Gasteiger partial charge on any atom is -0.297 e. The first-order valence-electron chi connectivity index (χ1n) is 11.2. The molecule has 1 atom stereocenters. The standard InChI is InChI=1S/C23H28ClN7/c24-20-7-5-19(6-8-20)22(23-26-27-28-31(23)21-3-1-2-4-21)30-15-13-29(14-16-30)17-18-9-11-25-12-10-18/h5-12,21-22H,1-4,13-17H2/t22-/m1/s1. The molecule has 1 saturated heterocycles. The lowest BCUT2D eigenvalue weighted by atomic mass is 10.0. The molecule has 2 fully saturated rings. The van der Waals surface area contributed by atoms with Crippen molar-refractivity contribution in [3.8, 4) is 0 Å². The summed E-state index contributed by atoms with van der Waals surface area (Å²) in [4.78, 5) is 9.15. The van der Waals surface area contributed by atoms with Gasteiger partial charge < -0.3 is 0 Å². The van der Waals surface area contributed by atoms with Crippen molar-refractivity contribution in [3.05, 3.63) is 70.8 Å². The van der Waals surface area contributed by atoms with E-state index in [4.69, 9.17) is 11.6 Å². The summed E-state index contributed by atoms with van der Waals surface area (Å²) in [6.07, 6.45) is 8.55. The SMILES string of the molecule is Clc1ccc([C@H](c2nnnn2C2CCCC2)N2CCN(Cc3ccncc3)CC2)cc1. The van der Waals surface area contributed by atoms with Crippen LogP contribution in [0.1, 0.15) is 54.7 Å². The quantitative estimate of drug-likeness (QED) is 0.585. The second kappa shape index (κ2) is 9.42. The molecule has 2 aromatic heterocycles. The van der Waals surface area contributed by atoms with E-state index < -0.39 is 0 Å². The topological polar surface area (TPSA) is 63.0 Å². The molecule has 3 aromatic rings. The third kappa shape index (κ3) is 4.63. The second-order valence-electron chi connectivity index (χ2n) is 8.54. The molecule has 1 aliphatic heterocycles. The third-order valence-corrected chi connectivity index (χ3v) is 6.80. The van der Waals surface area contributed by atoms with Crippen LogP contribution in [0.4, 0.5) is 0 Å². The molecule has 7 nitrogen and oxygen atoms in total. The fourth-order valence-corrected chi connectivity index (χ4v) is 5.01. The lowest BCUT2D eigenvalue weighted by Crippen LogP contribution is -2.48. The van der Waals surface area contributed by atoms with Gasteiger partial charge >= 0.3 is 0 Å². The Bertz CT molecular complexity index is 961. The molecule has 3 heterocycles. The van der Waals surface area contributed by atoms with Crippen LogP contribution in [-0.4, -0.2) is 61.2 Å². The van der Waals surface area contributed by atoms with E-state index >= 15 is 0 Å². The van der Waals surface area contributed by atoms with Crippen LogP contribution >= 0.6 is 11.6 Å². The number of rotatable bonds is 6. The number of aromatic nitrogens is 5. The Kier molecular flexibility index (Phi) is 6.25. The summed E-state index contributed by atoms with van der Waals surface area (Å²) in [6, 6.07) is 12.8. The number of nitrogens with zero attached hydrogens (tertiary/aromatic N) is 7. The lowest BCUT2D eigenvalue weighted by molar-refractivity contribution is 0.0993. The molecule has 5 rings (SSSR count). The summed E-state index contributed by atoms with van der Waals surface area (Å²) in [5, 5.41) is 13.8. The molecule has 0 amide bonds. The van der Waals surface area contributed by atoms with E-state index in [0.29, 0.717) is 6.04 Å². The monoisotopic (exact) mass is 437 g/mol. The summed E-state index contributed by atoms with van der Waals surface area (Å²) in [6.45, 7) is 4.92. The molecule has 0 radical (unpaired) electrons. The number of hydrogen-bond acceptors (Lipinski definition) is 6. The Hall–Kier alpha value is -2.35. The van der Waals surface area contributed by atoms with Crippen LogP contribution < -0.4 is 0 Å².